The lowest BCUT2D eigenvalue weighted by Crippen LogP contribution is -2.28. The SMILES string of the molecule is Cc1cccc(CNC(=O)c2cccc(C(=O)NCC(C)C)c2)c1. The summed E-state index contributed by atoms with van der Waals surface area (Å²) in [6.45, 7) is 7.17. The second-order valence-electron chi connectivity index (χ2n) is 6.36. The fourth-order valence-corrected chi connectivity index (χ4v) is 2.31. The molecule has 2 aromatic carbocycles. The molecule has 0 radical (unpaired) electrons. The van der Waals surface area contributed by atoms with Crippen molar-refractivity contribution < 1.29 is 9.59 Å². The molecule has 4 nitrogen and oxygen atoms in total. The quantitative estimate of drug-likeness (QED) is 0.856. The number of benzene rings is 2. The molecule has 0 aliphatic carbocycles. The normalized spacial score (nSPS) is 10.5. The maximum Gasteiger partial charge on any atom is 0.251 e. The van der Waals surface area contributed by atoms with E-state index >= 15 is 0 Å². The van der Waals surface area contributed by atoms with Crippen LogP contribution >= 0.6 is 0 Å². The van der Waals surface area contributed by atoms with E-state index in [2.05, 4.69) is 10.6 Å². The van der Waals surface area contributed by atoms with Crippen LogP contribution in [0, 0.1) is 12.8 Å². The highest BCUT2D eigenvalue weighted by molar-refractivity contribution is 5.99. The number of hydrogen-bond acceptors (Lipinski definition) is 2. The highest BCUT2D eigenvalue weighted by Gasteiger charge is 2.10. The molecule has 0 aliphatic heterocycles. The molecule has 0 aliphatic rings. The van der Waals surface area contributed by atoms with Gasteiger partial charge in [0, 0.05) is 24.2 Å². The summed E-state index contributed by atoms with van der Waals surface area (Å²) < 4.78 is 0. The van der Waals surface area contributed by atoms with Crippen molar-refractivity contribution >= 4 is 11.8 Å². The van der Waals surface area contributed by atoms with Crippen molar-refractivity contribution in [2.75, 3.05) is 6.54 Å². The van der Waals surface area contributed by atoms with E-state index in [1.165, 1.54) is 0 Å². The molecule has 24 heavy (non-hydrogen) atoms. The second-order valence-corrected chi connectivity index (χ2v) is 6.36. The third kappa shape index (κ3) is 5.23. The number of aryl methyl sites for hydroxylation is 1. The Morgan fingerprint density at radius 1 is 0.917 bits per heavy atom. The van der Waals surface area contributed by atoms with Gasteiger partial charge in [0.05, 0.1) is 0 Å². The minimum Gasteiger partial charge on any atom is -0.352 e. The number of rotatable bonds is 6. The summed E-state index contributed by atoms with van der Waals surface area (Å²) >= 11 is 0. The van der Waals surface area contributed by atoms with Crippen LogP contribution < -0.4 is 10.6 Å². The first kappa shape index (κ1) is 17.7. The van der Waals surface area contributed by atoms with Gasteiger partial charge in [-0.05, 0) is 36.6 Å². The summed E-state index contributed by atoms with van der Waals surface area (Å²) in [5, 5.41) is 5.75. The number of nitrogens with one attached hydrogen (secondary N) is 2. The fraction of sp³-hybridized carbons (Fsp3) is 0.300. The Kier molecular flexibility index (Phi) is 6.13. The molecule has 2 rings (SSSR count). The number of carbonyl (C=O) groups is 2. The van der Waals surface area contributed by atoms with Crippen LogP contribution in [-0.2, 0) is 6.54 Å². The van der Waals surface area contributed by atoms with E-state index in [9.17, 15) is 9.59 Å². The van der Waals surface area contributed by atoms with Gasteiger partial charge in [0.2, 0.25) is 0 Å². The Hall–Kier alpha value is -2.62. The van der Waals surface area contributed by atoms with Gasteiger partial charge in [0.25, 0.3) is 11.8 Å². The average Bonchev–Trinajstić information content (AvgIpc) is 2.57. The minimum atomic E-state index is -0.185. The van der Waals surface area contributed by atoms with E-state index in [4.69, 9.17) is 0 Å². The molecule has 0 unspecified atom stereocenters. The van der Waals surface area contributed by atoms with Gasteiger partial charge in [-0.25, -0.2) is 0 Å². The van der Waals surface area contributed by atoms with E-state index in [-0.39, 0.29) is 11.8 Å². The lowest BCUT2D eigenvalue weighted by molar-refractivity contribution is 0.0949. The van der Waals surface area contributed by atoms with Crippen LogP contribution in [0.3, 0.4) is 0 Å². The van der Waals surface area contributed by atoms with Crippen molar-refractivity contribution in [3.8, 4) is 0 Å². The zero-order chi connectivity index (χ0) is 17.5. The van der Waals surface area contributed by atoms with Crippen LogP contribution in [-0.4, -0.2) is 18.4 Å². The summed E-state index contributed by atoms with van der Waals surface area (Å²) in [6.07, 6.45) is 0. The van der Waals surface area contributed by atoms with Crippen molar-refractivity contribution in [3.05, 3.63) is 70.8 Å². The Morgan fingerprint density at radius 2 is 1.54 bits per heavy atom. The van der Waals surface area contributed by atoms with Crippen molar-refractivity contribution in [2.45, 2.75) is 27.3 Å². The van der Waals surface area contributed by atoms with E-state index < -0.39 is 0 Å². The number of carbonyl (C=O) groups excluding carboxylic acids is 2. The summed E-state index contributed by atoms with van der Waals surface area (Å²) in [7, 11) is 0. The minimum absolute atomic E-state index is 0.156. The standard InChI is InChI=1S/C20H24N2O2/c1-14(2)12-21-19(23)17-8-5-9-18(11-17)20(24)22-13-16-7-4-6-15(3)10-16/h4-11,14H,12-13H2,1-3H3,(H,21,23)(H,22,24). The van der Waals surface area contributed by atoms with Gasteiger partial charge in [-0.15, -0.1) is 0 Å². The highest BCUT2D eigenvalue weighted by Crippen LogP contribution is 2.07. The smallest absolute Gasteiger partial charge is 0.251 e. The third-order valence-electron chi connectivity index (χ3n) is 3.59. The van der Waals surface area contributed by atoms with E-state index in [1.807, 2.05) is 45.0 Å². The van der Waals surface area contributed by atoms with Crippen LogP contribution in [0.1, 0.15) is 45.7 Å². The molecular formula is C20H24N2O2. The molecule has 0 fully saturated rings. The summed E-state index contributed by atoms with van der Waals surface area (Å²) in [4.78, 5) is 24.4. The van der Waals surface area contributed by atoms with Gasteiger partial charge in [-0.2, -0.15) is 0 Å². The third-order valence-corrected chi connectivity index (χ3v) is 3.59. The largest absolute Gasteiger partial charge is 0.352 e. The topological polar surface area (TPSA) is 58.2 Å². The molecule has 2 N–H and O–H groups in total. The van der Waals surface area contributed by atoms with Crippen LogP contribution in [0.5, 0.6) is 0 Å². The van der Waals surface area contributed by atoms with Gasteiger partial charge in [-0.3, -0.25) is 9.59 Å². The zero-order valence-corrected chi connectivity index (χ0v) is 14.4. The molecular weight excluding hydrogens is 300 g/mol. The molecule has 0 heterocycles. The molecule has 4 heteroatoms. The van der Waals surface area contributed by atoms with E-state index in [0.29, 0.717) is 30.1 Å². The molecule has 2 aromatic rings. The van der Waals surface area contributed by atoms with Crippen molar-refractivity contribution in [1.82, 2.24) is 10.6 Å². The molecule has 0 atom stereocenters. The summed E-state index contributed by atoms with van der Waals surface area (Å²) in [6, 6.07) is 14.8. The van der Waals surface area contributed by atoms with Crippen LogP contribution in [0.15, 0.2) is 48.5 Å². The molecule has 0 saturated carbocycles. The van der Waals surface area contributed by atoms with Crippen LogP contribution in [0.4, 0.5) is 0 Å². The predicted octanol–water partition coefficient (Wildman–Crippen LogP) is 3.31. The first-order valence-corrected chi connectivity index (χ1v) is 8.17. The number of hydrogen-bond donors (Lipinski definition) is 2. The molecule has 126 valence electrons. The average molecular weight is 324 g/mol. The molecule has 0 aromatic heterocycles. The van der Waals surface area contributed by atoms with Gasteiger partial charge >= 0.3 is 0 Å². The number of amides is 2. The van der Waals surface area contributed by atoms with Crippen LogP contribution in [0.25, 0.3) is 0 Å². The first-order chi connectivity index (χ1) is 11.5. The second kappa shape index (κ2) is 8.29. The molecule has 2 amide bonds. The highest BCUT2D eigenvalue weighted by atomic mass is 16.2. The Labute approximate surface area is 143 Å². The van der Waals surface area contributed by atoms with Gasteiger partial charge < -0.3 is 10.6 Å². The molecule has 0 bridgehead atoms. The van der Waals surface area contributed by atoms with Gasteiger partial charge in [0.1, 0.15) is 0 Å². The van der Waals surface area contributed by atoms with Gasteiger partial charge in [-0.1, -0.05) is 49.7 Å². The zero-order valence-electron chi connectivity index (χ0n) is 14.4. The Bertz CT molecular complexity index is 723. The first-order valence-electron chi connectivity index (χ1n) is 8.17. The lowest BCUT2D eigenvalue weighted by atomic mass is 10.1. The Balaban J connectivity index is 1.99. The molecule has 0 spiro atoms. The summed E-state index contributed by atoms with van der Waals surface area (Å²) in [5.41, 5.74) is 3.19. The predicted molar refractivity (Wildman–Crippen MR) is 96.0 cm³/mol. The lowest BCUT2D eigenvalue weighted by Gasteiger charge is -2.09. The maximum atomic E-state index is 12.3. The van der Waals surface area contributed by atoms with Crippen LogP contribution in [0.2, 0.25) is 0 Å². The fourth-order valence-electron chi connectivity index (χ4n) is 2.31. The Morgan fingerprint density at radius 3 is 2.17 bits per heavy atom. The van der Waals surface area contributed by atoms with Crippen molar-refractivity contribution in [1.29, 1.82) is 0 Å². The van der Waals surface area contributed by atoms with E-state index in [1.54, 1.807) is 24.3 Å². The van der Waals surface area contributed by atoms with Crippen molar-refractivity contribution in [2.24, 2.45) is 5.92 Å². The monoisotopic (exact) mass is 324 g/mol. The van der Waals surface area contributed by atoms with Crippen molar-refractivity contribution in [3.63, 3.8) is 0 Å². The van der Waals surface area contributed by atoms with E-state index in [0.717, 1.165) is 11.1 Å². The summed E-state index contributed by atoms with van der Waals surface area (Å²) in [5.74, 6) is 0.0433. The molecule has 0 saturated heterocycles. The van der Waals surface area contributed by atoms with Gasteiger partial charge in [0.15, 0.2) is 0 Å². The maximum absolute atomic E-state index is 12.3.